The number of nitrogens with zero attached hydrogens (tertiary/aromatic N) is 3. The lowest BCUT2D eigenvalue weighted by Crippen LogP contribution is -2.13. The molecule has 0 spiro atoms. The van der Waals surface area contributed by atoms with Crippen LogP contribution in [-0.2, 0) is 31.4 Å². The van der Waals surface area contributed by atoms with Gasteiger partial charge in [0, 0.05) is 42.1 Å². The molecule has 0 saturated heterocycles. The van der Waals surface area contributed by atoms with Gasteiger partial charge in [0.15, 0.2) is 6.29 Å². The van der Waals surface area contributed by atoms with Crippen LogP contribution in [0.25, 0.3) is 32.8 Å². The summed E-state index contributed by atoms with van der Waals surface area (Å²) in [6, 6.07) is 20.6. The lowest BCUT2D eigenvalue weighted by atomic mass is 9.98. The molecule has 2 aromatic heterocycles. The third kappa shape index (κ3) is 4.26. The highest BCUT2D eigenvalue weighted by atomic mass is 16.5. The van der Waals surface area contributed by atoms with E-state index in [1.165, 1.54) is 0 Å². The molecule has 2 N–H and O–H groups in total. The second-order valence-electron chi connectivity index (χ2n) is 9.96. The number of hydrogen-bond donors (Lipinski definition) is 2. The van der Waals surface area contributed by atoms with Gasteiger partial charge in [-0.25, -0.2) is 0 Å². The fourth-order valence-electron chi connectivity index (χ4n) is 5.96. The second-order valence-corrected chi connectivity index (χ2v) is 9.96. The molecule has 0 unspecified atom stereocenters. The van der Waals surface area contributed by atoms with Gasteiger partial charge in [-0.2, -0.15) is 5.10 Å². The number of aliphatic hydroxyl groups excluding tert-OH is 1. The highest BCUT2D eigenvalue weighted by Crippen LogP contribution is 2.40. The number of rotatable bonds is 6. The number of ether oxygens (including phenoxy) is 2. The maximum atomic E-state index is 10.6. The zero-order chi connectivity index (χ0) is 26.2. The van der Waals surface area contributed by atoms with Gasteiger partial charge < -0.3 is 24.3 Å². The van der Waals surface area contributed by atoms with Crippen molar-refractivity contribution >= 4 is 21.7 Å². The van der Waals surface area contributed by atoms with E-state index in [-0.39, 0.29) is 0 Å². The maximum absolute atomic E-state index is 10.6. The van der Waals surface area contributed by atoms with Crippen molar-refractivity contribution in [3.8, 4) is 16.9 Å². The molecule has 0 fully saturated rings. The van der Waals surface area contributed by atoms with Crippen LogP contribution >= 0.6 is 0 Å². The predicted octanol–water partition coefficient (Wildman–Crippen LogP) is 5.42. The fourth-order valence-corrected chi connectivity index (χ4v) is 5.96. The van der Waals surface area contributed by atoms with Crippen LogP contribution in [0.3, 0.4) is 0 Å². The minimum atomic E-state index is -1.58. The molecule has 0 saturated carbocycles. The van der Waals surface area contributed by atoms with Crippen molar-refractivity contribution < 1.29 is 19.7 Å². The number of fused-ring (bicyclic) bond motifs is 3. The summed E-state index contributed by atoms with van der Waals surface area (Å²) in [7, 11) is 1.95. The van der Waals surface area contributed by atoms with E-state index in [1.807, 2.05) is 42.9 Å². The first-order chi connectivity index (χ1) is 18.5. The molecule has 0 bridgehead atoms. The summed E-state index contributed by atoms with van der Waals surface area (Å²) in [6.45, 7) is 4.27. The first kappa shape index (κ1) is 24.7. The van der Waals surface area contributed by atoms with Gasteiger partial charge in [0.25, 0.3) is 0 Å². The Bertz CT molecular complexity index is 1610. The maximum Gasteiger partial charge on any atom is 0.194 e. The number of benzene rings is 3. The van der Waals surface area contributed by atoms with E-state index in [0.717, 1.165) is 68.3 Å². The average Bonchev–Trinajstić information content (AvgIpc) is 3.39. The Labute approximate surface area is 221 Å². The van der Waals surface area contributed by atoms with Crippen LogP contribution in [-0.4, -0.2) is 37.8 Å². The Morgan fingerprint density at radius 1 is 1.03 bits per heavy atom. The molecule has 3 heterocycles. The molecular weight excluding hydrogens is 478 g/mol. The molecule has 6 rings (SSSR count). The molecule has 196 valence electrons. The fraction of sp³-hybridized carbons (Fsp3) is 0.323. The van der Waals surface area contributed by atoms with Crippen molar-refractivity contribution in [2.75, 3.05) is 13.2 Å². The average molecular weight is 512 g/mol. The van der Waals surface area contributed by atoms with Crippen LogP contribution in [0, 0.1) is 6.92 Å². The highest BCUT2D eigenvalue weighted by molar-refractivity contribution is 5.99. The summed E-state index contributed by atoms with van der Waals surface area (Å²) in [4.78, 5) is 0. The lowest BCUT2D eigenvalue weighted by Gasteiger charge is -2.17. The lowest BCUT2D eigenvalue weighted by molar-refractivity contribution is -0.0489. The van der Waals surface area contributed by atoms with Gasteiger partial charge in [-0.05, 0) is 43.2 Å². The highest BCUT2D eigenvalue weighted by Gasteiger charge is 2.26. The molecule has 1 aliphatic heterocycles. The molecule has 0 atom stereocenters. The molecule has 0 aliphatic carbocycles. The first-order valence-electron chi connectivity index (χ1n) is 13.3. The van der Waals surface area contributed by atoms with E-state index < -0.39 is 6.29 Å². The van der Waals surface area contributed by atoms with E-state index in [2.05, 4.69) is 46.1 Å². The Kier molecular flexibility index (Phi) is 6.66. The SMILES string of the molecule is Cc1nn(C)c2c1-c1cccc3c(CCCOc4cccc5ccccc45)c(C(O)O)n(c13)CCCOC2. The van der Waals surface area contributed by atoms with Gasteiger partial charge in [0.2, 0.25) is 0 Å². The topological polar surface area (TPSA) is 81.7 Å². The van der Waals surface area contributed by atoms with Crippen molar-refractivity contribution in [2.45, 2.75) is 45.6 Å². The van der Waals surface area contributed by atoms with Crippen molar-refractivity contribution in [2.24, 2.45) is 7.05 Å². The summed E-state index contributed by atoms with van der Waals surface area (Å²) in [5.41, 5.74) is 6.61. The smallest absolute Gasteiger partial charge is 0.194 e. The molecule has 5 aromatic rings. The second kappa shape index (κ2) is 10.3. The number of aliphatic hydroxyl groups is 2. The first-order valence-corrected chi connectivity index (χ1v) is 13.3. The molecule has 0 radical (unpaired) electrons. The zero-order valence-electron chi connectivity index (χ0n) is 21.9. The Hall–Kier alpha value is -3.65. The number of aromatic nitrogens is 3. The van der Waals surface area contributed by atoms with E-state index in [1.54, 1.807) is 0 Å². The van der Waals surface area contributed by atoms with Gasteiger partial charge in [0.05, 0.1) is 35.8 Å². The third-order valence-electron chi connectivity index (χ3n) is 7.57. The van der Waals surface area contributed by atoms with Gasteiger partial charge >= 0.3 is 0 Å². The Morgan fingerprint density at radius 3 is 2.68 bits per heavy atom. The van der Waals surface area contributed by atoms with Crippen LogP contribution in [0.15, 0.2) is 60.7 Å². The van der Waals surface area contributed by atoms with Crippen LogP contribution < -0.4 is 4.74 Å². The molecule has 7 heteroatoms. The molecule has 3 aromatic carbocycles. The summed E-state index contributed by atoms with van der Waals surface area (Å²) in [5, 5.41) is 29.1. The molecule has 0 amide bonds. The summed E-state index contributed by atoms with van der Waals surface area (Å²) in [5.74, 6) is 0.869. The van der Waals surface area contributed by atoms with Crippen LogP contribution in [0.2, 0.25) is 0 Å². The van der Waals surface area contributed by atoms with E-state index in [4.69, 9.17) is 9.47 Å². The third-order valence-corrected chi connectivity index (χ3v) is 7.57. The van der Waals surface area contributed by atoms with Gasteiger partial charge in [-0.1, -0.05) is 54.6 Å². The standard InChI is InChI=1S/C31H33N3O4/c1-20-28-25-13-6-12-23-24(14-7-18-38-27-15-5-10-21-9-3-4-11-22(21)27)30(31(35)36)34(29(23)25)16-8-17-37-19-26(28)33(2)32-20/h3-6,9-13,15,31,35-36H,7-8,14,16-19H2,1-2H3. The van der Waals surface area contributed by atoms with Crippen molar-refractivity contribution in [1.29, 1.82) is 0 Å². The van der Waals surface area contributed by atoms with Crippen molar-refractivity contribution in [3.05, 3.63) is 83.3 Å². The normalized spacial score (nSPS) is 13.8. The van der Waals surface area contributed by atoms with Crippen LogP contribution in [0.1, 0.15) is 41.8 Å². The number of aryl methyl sites for hydroxylation is 4. The molecule has 1 aliphatic rings. The zero-order valence-corrected chi connectivity index (χ0v) is 21.9. The largest absolute Gasteiger partial charge is 0.493 e. The molecule has 38 heavy (non-hydrogen) atoms. The van der Waals surface area contributed by atoms with Gasteiger partial charge in [-0.3, -0.25) is 4.68 Å². The van der Waals surface area contributed by atoms with Crippen molar-refractivity contribution in [1.82, 2.24) is 14.3 Å². The van der Waals surface area contributed by atoms with Crippen LogP contribution in [0.4, 0.5) is 0 Å². The monoisotopic (exact) mass is 511 g/mol. The predicted molar refractivity (Wildman–Crippen MR) is 148 cm³/mol. The minimum Gasteiger partial charge on any atom is -0.493 e. The van der Waals surface area contributed by atoms with E-state index >= 15 is 0 Å². The van der Waals surface area contributed by atoms with Crippen LogP contribution in [0.5, 0.6) is 5.75 Å². The quantitative estimate of drug-likeness (QED) is 0.235. The summed E-state index contributed by atoms with van der Waals surface area (Å²) < 4.78 is 16.2. The number of hydrogen-bond acceptors (Lipinski definition) is 5. The number of para-hydroxylation sites is 1. The van der Waals surface area contributed by atoms with E-state index in [9.17, 15) is 10.2 Å². The molecular formula is C31H33N3O4. The van der Waals surface area contributed by atoms with Gasteiger partial charge in [-0.15, -0.1) is 0 Å². The Morgan fingerprint density at radius 2 is 1.82 bits per heavy atom. The van der Waals surface area contributed by atoms with E-state index in [0.29, 0.717) is 38.5 Å². The molecule has 7 nitrogen and oxygen atoms in total. The van der Waals surface area contributed by atoms with Crippen molar-refractivity contribution in [3.63, 3.8) is 0 Å². The minimum absolute atomic E-state index is 0.498. The summed E-state index contributed by atoms with van der Waals surface area (Å²) in [6.07, 6.45) is 0.600. The summed E-state index contributed by atoms with van der Waals surface area (Å²) >= 11 is 0. The van der Waals surface area contributed by atoms with Gasteiger partial charge in [0.1, 0.15) is 5.75 Å². The Balaban J connectivity index is 1.38.